The van der Waals surface area contributed by atoms with Crippen molar-refractivity contribution in [2.45, 2.75) is 25.8 Å². The molecule has 0 saturated carbocycles. The molecule has 1 aliphatic heterocycles. The molecule has 5 heteroatoms. The second kappa shape index (κ2) is 4.18. The van der Waals surface area contributed by atoms with Crippen LogP contribution in [-0.4, -0.2) is 47.6 Å². The summed E-state index contributed by atoms with van der Waals surface area (Å²) in [6.07, 6.45) is 0.791. The number of aliphatic carboxylic acids is 1. The molecule has 86 valence electrons. The average Bonchev–Trinajstić information content (AvgIpc) is 2.67. The molecular formula is C10H18N2O3. The standard InChI is InChI=1S/C10H18N2O3/c1-10(2,9(14)15)12(3)8(13)7-4-5-11-6-7/h7,11H,4-6H2,1-3H3,(H,14,15). The molecule has 2 N–H and O–H groups in total. The van der Waals surface area contributed by atoms with Gasteiger partial charge in [-0.2, -0.15) is 0 Å². The van der Waals surface area contributed by atoms with Crippen LogP contribution < -0.4 is 5.32 Å². The molecular weight excluding hydrogens is 196 g/mol. The molecule has 5 nitrogen and oxygen atoms in total. The van der Waals surface area contributed by atoms with Gasteiger partial charge in [0.1, 0.15) is 5.54 Å². The molecule has 1 heterocycles. The van der Waals surface area contributed by atoms with E-state index < -0.39 is 11.5 Å². The first kappa shape index (κ1) is 12.0. The number of nitrogens with zero attached hydrogens (tertiary/aromatic N) is 1. The number of hydrogen-bond acceptors (Lipinski definition) is 3. The second-order valence-corrected chi connectivity index (χ2v) is 4.45. The SMILES string of the molecule is CN(C(=O)C1CCNC1)C(C)(C)C(=O)O. The van der Waals surface area contributed by atoms with Gasteiger partial charge in [-0.25, -0.2) is 4.79 Å². The molecule has 0 aromatic carbocycles. The van der Waals surface area contributed by atoms with Crippen LogP contribution in [0.5, 0.6) is 0 Å². The number of amides is 1. The Bertz CT molecular complexity index is 270. The van der Waals surface area contributed by atoms with E-state index in [0.29, 0.717) is 6.54 Å². The Hall–Kier alpha value is -1.10. The largest absolute Gasteiger partial charge is 0.480 e. The second-order valence-electron chi connectivity index (χ2n) is 4.45. The zero-order valence-corrected chi connectivity index (χ0v) is 9.41. The Morgan fingerprint density at radius 2 is 2.07 bits per heavy atom. The highest BCUT2D eigenvalue weighted by atomic mass is 16.4. The lowest BCUT2D eigenvalue weighted by atomic mass is 10.00. The fraction of sp³-hybridized carbons (Fsp3) is 0.800. The smallest absolute Gasteiger partial charge is 0.329 e. The minimum Gasteiger partial charge on any atom is -0.480 e. The predicted molar refractivity (Wildman–Crippen MR) is 55.5 cm³/mol. The highest BCUT2D eigenvalue weighted by Crippen LogP contribution is 2.18. The molecule has 1 aliphatic rings. The van der Waals surface area contributed by atoms with Crippen molar-refractivity contribution < 1.29 is 14.7 Å². The summed E-state index contributed by atoms with van der Waals surface area (Å²) < 4.78 is 0. The van der Waals surface area contributed by atoms with E-state index in [-0.39, 0.29) is 11.8 Å². The van der Waals surface area contributed by atoms with E-state index in [1.54, 1.807) is 7.05 Å². The zero-order chi connectivity index (χ0) is 11.6. The lowest BCUT2D eigenvalue weighted by Crippen LogP contribution is -2.52. The summed E-state index contributed by atoms with van der Waals surface area (Å²) in [6, 6.07) is 0. The Balaban J connectivity index is 2.70. The van der Waals surface area contributed by atoms with Gasteiger partial charge in [-0.3, -0.25) is 4.79 Å². The average molecular weight is 214 g/mol. The van der Waals surface area contributed by atoms with Gasteiger partial charge in [-0.15, -0.1) is 0 Å². The first-order chi connectivity index (χ1) is 6.87. The number of carboxylic acid groups (broad SMARTS) is 1. The summed E-state index contributed by atoms with van der Waals surface area (Å²) in [5.74, 6) is -1.15. The van der Waals surface area contributed by atoms with Gasteiger partial charge in [0, 0.05) is 13.6 Å². The summed E-state index contributed by atoms with van der Waals surface area (Å²) >= 11 is 0. The maximum Gasteiger partial charge on any atom is 0.329 e. The van der Waals surface area contributed by atoms with Crippen molar-refractivity contribution in [2.75, 3.05) is 20.1 Å². The number of carboxylic acids is 1. The number of nitrogens with one attached hydrogen (secondary N) is 1. The van der Waals surface area contributed by atoms with Gasteiger partial charge < -0.3 is 15.3 Å². The molecule has 0 aromatic heterocycles. The van der Waals surface area contributed by atoms with Crippen LogP contribution in [0.2, 0.25) is 0 Å². The third-order valence-electron chi connectivity index (χ3n) is 3.10. The van der Waals surface area contributed by atoms with Crippen LogP contribution >= 0.6 is 0 Å². The third kappa shape index (κ3) is 2.28. The maximum absolute atomic E-state index is 11.9. The van der Waals surface area contributed by atoms with Crippen molar-refractivity contribution in [3.05, 3.63) is 0 Å². The number of carbonyl (C=O) groups is 2. The summed E-state index contributed by atoms with van der Waals surface area (Å²) in [6.45, 7) is 4.56. The minimum absolute atomic E-state index is 0.0753. The molecule has 1 rings (SSSR count). The molecule has 1 fully saturated rings. The Morgan fingerprint density at radius 1 is 1.47 bits per heavy atom. The van der Waals surface area contributed by atoms with Crippen molar-refractivity contribution in [1.82, 2.24) is 10.2 Å². The molecule has 0 aromatic rings. The number of hydrogen-bond donors (Lipinski definition) is 2. The normalized spacial score (nSPS) is 21.4. The van der Waals surface area contributed by atoms with Gasteiger partial charge in [-0.1, -0.05) is 0 Å². The third-order valence-corrected chi connectivity index (χ3v) is 3.10. The van der Waals surface area contributed by atoms with Crippen molar-refractivity contribution in [1.29, 1.82) is 0 Å². The van der Waals surface area contributed by atoms with Crippen LogP contribution in [0.4, 0.5) is 0 Å². The zero-order valence-electron chi connectivity index (χ0n) is 9.41. The molecule has 1 amide bonds. The van der Waals surface area contributed by atoms with Gasteiger partial charge in [0.15, 0.2) is 0 Å². The summed E-state index contributed by atoms with van der Waals surface area (Å²) in [4.78, 5) is 24.2. The van der Waals surface area contributed by atoms with E-state index in [9.17, 15) is 9.59 Å². The fourth-order valence-corrected chi connectivity index (χ4v) is 1.56. The molecule has 1 saturated heterocycles. The van der Waals surface area contributed by atoms with E-state index in [0.717, 1.165) is 13.0 Å². The minimum atomic E-state index is -1.14. The molecule has 0 bridgehead atoms. The highest BCUT2D eigenvalue weighted by Gasteiger charge is 2.38. The summed E-state index contributed by atoms with van der Waals surface area (Å²) in [5, 5.41) is 12.1. The molecule has 1 unspecified atom stereocenters. The van der Waals surface area contributed by atoms with E-state index in [2.05, 4.69) is 5.32 Å². The monoisotopic (exact) mass is 214 g/mol. The van der Waals surface area contributed by atoms with Crippen LogP contribution in [0.3, 0.4) is 0 Å². The lowest BCUT2D eigenvalue weighted by Gasteiger charge is -2.33. The van der Waals surface area contributed by atoms with Gasteiger partial charge >= 0.3 is 5.97 Å². The molecule has 0 aliphatic carbocycles. The lowest BCUT2D eigenvalue weighted by molar-refractivity contribution is -0.156. The van der Waals surface area contributed by atoms with Crippen LogP contribution in [0.15, 0.2) is 0 Å². The van der Waals surface area contributed by atoms with Crippen molar-refractivity contribution in [2.24, 2.45) is 5.92 Å². The first-order valence-electron chi connectivity index (χ1n) is 5.09. The number of carbonyl (C=O) groups excluding carboxylic acids is 1. The van der Waals surface area contributed by atoms with Crippen molar-refractivity contribution in [3.8, 4) is 0 Å². The Labute approximate surface area is 89.4 Å². The molecule has 0 radical (unpaired) electrons. The topological polar surface area (TPSA) is 69.6 Å². The van der Waals surface area contributed by atoms with Crippen molar-refractivity contribution in [3.63, 3.8) is 0 Å². The fourth-order valence-electron chi connectivity index (χ4n) is 1.56. The highest BCUT2D eigenvalue weighted by molar-refractivity contribution is 5.87. The predicted octanol–water partition coefficient (Wildman–Crippen LogP) is -0.0825. The van der Waals surface area contributed by atoms with Crippen LogP contribution in [-0.2, 0) is 9.59 Å². The first-order valence-corrected chi connectivity index (χ1v) is 5.09. The maximum atomic E-state index is 11.9. The number of likely N-dealkylation sites (N-methyl/N-ethyl adjacent to an activating group) is 1. The number of rotatable bonds is 3. The Morgan fingerprint density at radius 3 is 2.47 bits per heavy atom. The van der Waals surface area contributed by atoms with E-state index >= 15 is 0 Å². The van der Waals surface area contributed by atoms with Crippen LogP contribution in [0.1, 0.15) is 20.3 Å². The Kier molecular flexibility index (Phi) is 3.34. The summed E-state index contributed by atoms with van der Waals surface area (Å²) in [5.41, 5.74) is -1.14. The molecule has 15 heavy (non-hydrogen) atoms. The summed E-state index contributed by atoms with van der Waals surface area (Å²) in [7, 11) is 1.55. The van der Waals surface area contributed by atoms with E-state index in [1.165, 1.54) is 18.7 Å². The van der Waals surface area contributed by atoms with Gasteiger partial charge in [-0.05, 0) is 26.8 Å². The van der Waals surface area contributed by atoms with Crippen LogP contribution in [0.25, 0.3) is 0 Å². The van der Waals surface area contributed by atoms with E-state index in [1.807, 2.05) is 0 Å². The quantitative estimate of drug-likeness (QED) is 0.689. The molecule has 0 spiro atoms. The van der Waals surface area contributed by atoms with Gasteiger partial charge in [0.2, 0.25) is 5.91 Å². The van der Waals surface area contributed by atoms with Crippen molar-refractivity contribution >= 4 is 11.9 Å². The van der Waals surface area contributed by atoms with E-state index in [4.69, 9.17) is 5.11 Å². The van der Waals surface area contributed by atoms with Gasteiger partial charge in [0.05, 0.1) is 5.92 Å². The van der Waals surface area contributed by atoms with Gasteiger partial charge in [0.25, 0.3) is 0 Å². The van der Waals surface area contributed by atoms with Crippen LogP contribution in [0, 0.1) is 5.92 Å². The molecule has 1 atom stereocenters.